The van der Waals surface area contributed by atoms with Crippen molar-refractivity contribution in [2.45, 2.75) is 45.4 Å². The maximum Gasteiger partial charge on any atom is 0.242 e. The van der Waals surface area contributed by atoms with Crippen molar-refractivity contribution in [3.05, 3.63) is 30.3 Å². The van der Waals surface area contributed by atoms with Gasteiger partial charge in [0.05, 0.1) is 0 Å². The number of para-hydroxylation sites is 1. The van der Waals surface area contributed by atoms with Gasteiger partial charge in [-0.15, -0.1) is 0 Å². The molecule has 3 rings (SSSR count). The van der Waals surface area contributed by atoms with Crippen LogP contribution in [0.2, 0.25) is 0 Å². The second-order valence-electron chi connectivity index (χ2n) is 6.67. The molecular formula is C19H26N2O2. The molecule has 1 aliphatic heterocycles. The van der Waals surface area contributed by atoms with Crippen molar-refractivity contribution >= 4 is 17.5 Å². The van der Waals surface area contributed by atoms with Gasteiger partial charge in [-0.2, -0.15) is 0 Å². The molecule has 1 aromatic rings. The zero-order valence-electron chi connectivity index (χ0n) is 14.0. The van der Waals surface area contributed by atoms with Crippen LogP contribution in [0.15, 0.2) is 30.3 Å². The van der Waals surface area contributed by atoms with Gasteiger partial charge in [-0.25, -0.2) is 0 Å². The van der Waals surface area contributed by atoms with Crippen molar-refractivity contribution in [3.8, 4) is 0 Å². The van der Waals surface area contributed by atoms with Crippen molar-refractivity contribution in [1.82, 2.24) is 4.90 Å². The van der Waals surface area contributed by atoms with Crippen LogP contribution in [0, 0.1) is 5.41 Å². The number of anilines is 1. The van der Waals surface area contributed by atoms with Gasteiger partial charge in [-0.05, 0) is 44.7 Å². The molecule has 0 unspecified atom stereocenters. The summed E-state index contributed by atoms with van der Waals surface area (Å²) >= 11 is 0. The lowest BCUT2D eigenvalue weighted by Gasteiger charge is -2.30. The van der Waals surface area contributed by atoms with Gasteiger partial charge in [0.1, 0.15) is 5.41 Å². The number of amides is 2. The molecule has 1 saturated heterocycles. The molecule has 124 valence electrons. The highest BCUT2D eigenvalue weighted by Crippen LogP contribution is 2.49. The second-order valence-corrected chi connectivity index (χ2v) is 6.67. The molecule has 1 heterocycles. The van der Waals surface area contributed by atoms with E-state index in [1.807, 2.05) is 42.2 Å². The first-order chi connectivity index (χ1) is 11.2. The molecule has 2 amide bonds. The first kappa shape index (κ1) is 16.0. The zero-order chi connectivity index (χ0) is 16.3. The summed E-state index contributed by atoms with van der Waals surface area (Å²) in [7, 11) is 0. The van der Waals surface area contributed by atoms with Crippen molar-refractivity contribution < 1.29 is 9.59 Å². The van der Waals surface area contributed by atoms with E-state index in [9.17, 15) is 9.59 Å². The molecule has 23 heavy (non-hydrogen) atoms. The van der Waals surface area contributed by atoms with E-state index in [2.05, 4.69) is 0 Å². The van der Waals surface area contributed by atoms with Crippen molar-refractivity contribution in [2.24, 2.45) is 5.41 Å². The number of benzene rings is 1. The largest absolute Gasteiger partial charge is 0.342 e. The quantitative estimate of drug-likeness (QED) is 0.801. The average Bonchev–Trinajstić information content (AvgIpc) is 3.41. The summed E-state index contributed by atoms with van der Waals surface area (Å²) < 4.78 is 0. The van der Waals surface area contributed by atoms with Crippen LogP contribution in [-0.2, 0) is 9.59 Å². The minimum absolute atomic E-state index is 0.0135. The van der Waals surface area contributed by atoms with E-state index < -0.39 is 5.41 Å². The van der Waals surface area contributed by atoms with Crippen LogP contribution >= 0.6 is 0 Å². The number of nitrogens with zero attached hydrogens (tertiary/aromatic N) is 2. The Morgan fingerprint density at radius 3 is 2.17 bits per heavy atom. The van der Waals surface area contributed by atoms with Crippen LogP contribution in [0.1, 0.15) is 45.4 Å². The van der Waals surface area contributed by atoms with Gasteiger partial charge in [0.25, 0.3) is 0 Å². The van der Waals surface area contributed by atoms with E-state index >= 15 is 0 Å². The predicted octanol–water partition coefficient (Wildman–Crippen LogP) is 3.22. The Labute approximate surface area is 138 Å². The number of rotatable bonds is 4. The van der Waals surface area contributed by atoms with E-state index in [0.29, 0.717) is 19.4 Å². The molecule has 2 fully saturated rings. The van der Waals surface area contributed by atoms with Gasteiger partial charge in [-0.3, -0.25) is 9.59 Å². The van der Waals surface area contributed by atoms with Gasteiger partial charge in [0, 0.05) is 25.3 Å². The summed E-state index contributed by atoms with van der Waals surface area (Å²) in [6, 6.07) is 9.68. The molecule has 4 nitrogen and oxygen atoms in total. The van der Waals surface area contributed by atoms with E-state index in [1.165, 1.54) is 12.8 Å². The zero-order valence-corrected chi connectivity index (χ0v) is 14.0. The maximum atomic E-state index is 13.1. The lowest BCUT2D eigenvalue weighted by Crippen LogP contribution is -2.47. The van der Waals surface area contributed by atoms with Crippen LogP contribution in [0.4, 0.5) is 5.69 Å². The molecule has 1 aromatic carbocycles. The van der Waals surface area contributed by atoms with E-state index in [4.69, 9.17) is 0 Å². The molecule has 1 aliphatic carbocycles. The highest BCUT2D eigenvalue weighted by Gasteiger charge is 2.59. The minimum Gasteiger partial charge on any atom is -0.342 e. The van der Waals surface area contributed by atoms with Gasteiger partial charge >= 0.3 is 0 Å². The fourth-order valence-corrected chi connectivity index (χ4v) is 3.53. The first-order valence-electron chi connectivity index (χ1n) is 8.85. The molecule has 4 heteroatoms. The van der Waals surface area contributed by atoms with Crippen LogP contribution in [0.3, 0.4) is 0 Å². The molecule has 0 spiro atoms. The third-order valence-electron chi connectivity index (χ3n) is 5.09. The van der Waals surface area contributed by atoms with E-state index in [1.54, 1.807) is 4.90 Å². The summed E-state index contributed by atoms with van der Waals surface area (Å²) in [6.07, 6.45) is 5.90. The monoisotopic (exact) mass is 314 g/mol. The highest BCUT2D eigenvalue weighted by atomic mass is 16.2. The van der Waals surface area contributed by atoms with Crippen molar-refractivity contribution in [1.29, 1.82) is 0 Å². The second kappa shape index (κ2) is 6.73. The molecule has 2 aliphatic rings. The Kier molecular flexibility index (Phi) is 4.69. The SMILES string of the molecule is CCN(C(=O)C1(C(=O)N2CCCCCC2)CC1)c1ccccc1. The van der Waals surface area contributed by atoms with E-state index in [0.717, 1.165) is 31.6 Å². The molecular weight excluding hydrogens is 288 g/mol. The van der Waals surface area contributed by atoms with Crippen LogP contribution in [-0.4, -0.2) is 36.3 Å². The van der Waals surface area contributed by atoms with Gasteiger partial charge in [0.15, 0.2) is 0 Å². The molecule has 0 bridgehead atoms. The summed E-state index contributed by atoms with van der Waals surface area (Å²) in [5, 5.41) is 0. The van der Waals surface area contributed by atoms with Crippen LogP contribution < -0.4 is 4.90 Å². The smallest absolute Gasteiger partial charge is 0.242 e. The van der Waals surface area contributed by atoms with Crippen molar-refractivity contribution in [3.63, 3.8) is 0 Å². The van der Waals surface area contributed by atoms with E-state index in [-0.39, 0.29) is 11.8 Å². The molecule has 0 atom stereocenters. The van der Waals surface area contributed by atoms with Crippen molar-refractivity contribution in [2.75, 3.05) is 24.5 Å². The third kappa shape index (κ3) is 3.12. The number of hydrogen-bond donors (Lipinski definition) is 0. The minimum atomic E-state index is -0.782. The Bertz CT molecular complexity index is 558. The topological polar surface area (TPSA) is 40.6 Å². The average molecular weight is 314 g/mol. The number of likely N-dealkylation sites (tertiary alicyclic amines) is 1. The summed E-state index contributed by atoms with van der Waals surface area (Å²) in [5.41, 5.74) is 0.103. The lowest BCUT2D eigenvalue weighted by molar-refractivity contribution is -0.143. The summed E-state index contributed by atoms with van der Waals surface area (Å²) in [5.74, 6) is 0.0548. The predicted molar refractivity (Wildman–Crippen MR) is 91.2 cm³/mol. The highest BCUT2D eigenvalue weighted by molar-refractivity contribution is 6.14. The molecule has 0 aromatic heterocycles. The number of carbonyl (C=O) groups excluding carboxylic acids is 2. The third-order valence-corrected chi connectivity index (χ3v) is 5.09. The standard InChI is InChI=1S/C19H26N2O2/c1-2-21(16-10-6-5-7-11-16)18(23)19(12-13-19)17(22)20-14-8-3-4-9-15-20/h5-7,10-11H,2-4,8-9,12-15H2,1H3. The Morgan fingerprint density at radius 1 is 1.04 bits per heavy atom. The summed E-state index contributed by atoms with van der Waals surface area (Å²) in [6.45, 7) is 4.19. The molecule has 0 radical (unpaired) electrons. The Morgan fingerprint density at radius 2 is 1.65 bits per heavy atom. The van der Waals surface area contributed by atoms with Crippen LogP contribution in [0.5, 0.6) is 0 Å². The molecule has 0 N–H and O–H groups in total. The normalized spacial score (nSPS) is 19.8. The fraction of sp³-hybridized carbons (Fsp3) is 0.579. The Hall–Kier alpha value is -1.84. The van der Waals surface area contributed by atoms with Crippen LogP contribution in [0.25, 0.3) is 0 Å². The lowest BCUT2D eigenvalue weighted by atomic mass is 10.0. The van der Waals surface area contributed by atoms with Gasteiger partial charge in [-0.1, -0.05) is 31.0 Å². The van der Waals surface area contributed by atoms with Gasteiger partial charge in [0.2, 0.25) is 11.8 Å². The fourth-order valence-electron chi connectivity index (χ4n) is 3.53. The number of carbonyl (C=O) groups is 2. The Balaban J connectivity index is 1.78. The molecule has 1 saturated carbocycles. The summed E-state index contributed by atoms with van der Waals surface area (Å²) in [4.78, 5) is 29.8. The first-order valence-corrected chi connectivity index (χ1v) is 8.85. The number of hydrogen-bond acceptors (Lipinski definition) is 2. The maximum absolute atomic E-state index is 13.1. The van der Waals surface area contributed by atoms with Gasteiger partial charge < -0.3 is 9.80 Å².